The lowest BCUT2D eigenvalue weighted by Gasteiger charge is -2.14. The zero-order chi connectivity index (χ0) is 15.2. The van der Waals surface area contributed by atoms with Gasteiger partial charge in [-0.15, -0.1) is 11.8 Å². The van der Waals surface area contributed by atoms with E-state index < -0.39 is 5.82 Å². The number of ether oxygens (including phenoxy) is 2. The highest BCUT2D eigenvalue weighted by molar-refractivity contribution is 7.98. The molecule has 0 bridgehead atoms. The predicted octanol–water partition coefficient (Wildman–Crippen LogP) is 4.71. The van der Waals surface area contributed by atoms with Crippen LogP contribution in [0.5, 0.6) is 17.2 Å². The van der Waals surface area contributed by atoms with E-state index in [1.54, 1.807) is 11.8 Å². The first-order valence-electron chi connectivity index (χ1n) is 6.68. The SMILES string of the molecule is CCCOc1cc(Oc2ccccc2SC)c(N)cc1F. The molecule has 0 aliphatic heterocycles. The molecule has 3 nitrogen and oxygen atoms in total. The van der Waals surface area contributed by atoms with Gasteiger partial charge in [0.25, 0.3) is 0 Å². The Balaban J connectivity index is 2.30. The lowest BCUT2D eigenvalue weighted by Crippen LogP contribution is -2.00. The highest BCUT2D eigenvalue weighted by Crippen LogP contribution is 2.36. The molecule has 2 aromatic rings. The van der Waals surface area contributed by atoms with Crippen molar-refractivity contribution in [2.24, 2.45) is 0 Å². The normalized spacial score (nSPS) is 10.4. The minimum Gasteiger partial charge on any atom is -0.490 e. The van der Waals surface area contributed by atoms with E-state index >= 15 is 0 Å². The van der Waals surface area contributed by atoms with Crippen molar-refractivity contribution in [2.45, 2.75) is 18.2 Å². The Morgan fingerprint density at radius 3 is 2.62 bits per heavy atom. The van der Waals surface area contributed by atoms with Crippen LogP contribution in [0.1, 0.15) is 13.3 Å². The Kier molecular flexibility index (Phi) is 5.33. The van der Waals surface area contributed by atoms with E-state index in [0.29, 0.717) is 18.1 Å². The molecule has 0 atom stereocenters. The zero-order valence-electron chi connectivity index (χ0n) is 12.1. The fourth-order valence-corrected chi connectivity index (χ4v) is 2.31. The smallest absolute Gasteiger partial charge is 0.167 e. The first-order chi connectivity index (χ1) is 10.2. The molecule has 0 fully saturated rings. The summed E-state index contributed by atoms with van der Waals surface area (Å²) in [4.78, 5) is 0.984. The molecule has 21 heavy (non-hydrogen) atoms. The van der Waals surface area contributed by atoms with Crippen LogP contribution in [0.4, 0.5) is 10.1 Å². The third-order valence-corrected chi connectivity index (χ3v) is 3.59. The van der Waals surface area contributed by atoms with Gasteiger partial charge in [-0.05, 0) is 24.8 Å². The van der Waals surface area contributed by atoms with Crippen molar-refractivity contribution >= 4 is 17.4 Å². The molecule has 0 amide bonds. The standard InChI is InChI=1S/C16H18FNO2S/c1-3-8-19-14-10-15(12(18)9-11(14)17)20-13-6-4-5-7-16(13)21-2/h4-7,9-10H,3,8,18H2,1-2H3. The highest BCUT2D eigenvalue weighted by atomic mass is 32.2. The van der Waals surface area contributed by atoms with E-state index in [0.717, 1.165) is 11.3 Å². The molecule has 2 aromatic carbocycles. The van der Waals surface area contributed by atoms with E-state index in [-0.39, 0.29) is 11.4 Å². The molecule has 0 saturated carbocycles. The van der Waals surface area contributed by atoms with Gasteiger partial charge in [0.05, 0.1) is 12.3 Å². The molecule has 0 saturated heterocycles. The maximum absolute atomic E-state index is 13.8. The number of rotatable bonds is 6. The summed E-state index contributed by atoms with van der Waals surface area (Å²) < 4.78 is 24.9. The van der Waals surface area contributed by atoms with Gasteiger partial charge in [0, 0.05) is 17.0 Å². The van der Waals surface area contributed by atoms with Gasteiger partial charge in [0.2, 0.25) is 0 Å². The summed E-state index contributed by atoms with van der Waals surface area (Å²) in [6.45, 7) is 2.41. The average Bonchev–Trinajstić information content (AvgIpc) is 2.49. The molecule has 0 heterocycles. The highest BCUT2D eigenvalue weighted by Gasteiger charge is 2.12. The molecule has 0 aliphatic rings. The maximum atomic E-state index is 13.8. The second kappa shape index (κ2) is 7.22. The number of anilines is 1. The molecule has 0 radical (unpaired) electrons. The van der Waals surface area contributed by atoms with Gasteiger partial charge in [-0.3, -0.25) is 0 Å². The van der Waals surface area contributed by atoms with Gasteiger partial charge in [0.1, 0.15) is 5.75 Å². The van der Waals surface area contributed by atoms with Crippen molar-refractivity contribution < 1.29 is 13.9 Å². The number of benzene rings is 2. The van der Waals surface area contributed by atoms with Crippen LogP contribution in [-0.4, -0.2) is 12.9 Å². The minimum absolute atomic E-state index is 0.155. The number of thioether (sulfide) groups is 1. The lowest BCUT2D eigenvalue weighted by atomic mass is 10.2. The van der Waals surface area contributed by atoms with Crippen LogP contribution in [0.25, 0.3) is 0 Å². The van der Waals surface area contributed by atoms with Crippen molar-refractivity contribution in [2.75, 3.05) is 18.6 Å². The van der Waals surface area contributed by atoms with Crippen LogP contribution >= 0.6 is 11.8 Å². The number of nitrogen functional groups attached to an aromatic ring is 1. The fourth-order valence-electron chi connectivity index (χ4n) is 1.78. The summed E-state index contributed by atoms with van der Waals surface area (Å²) in [5, 5.41) is 0. The Bertz CT molecular complexity index is 619. The largest absolute Gasteiger partial charge is 0.490 e. The molecular weight excluding hydrogens is 289 g/mol. The summed E-state index contributed by atoms with van der Waals surface area (Å²) >= 11 is 1.57. The second-order valence-electron chi connectivity index (χ2n) is 4.42. The van der Waals surface area contributed by atoms with Gasteiger partial charge < -0.3 is 15.2 Å². The number of hydrogen-bond donors (Lipinski definition) is 1. The molecule has 2 N–H and O–H groups in total. The topological polar surface area (TPSA) is 44.5 Å². The molecule has 0 aromatic heterocycles. The molecule has 0 spiro atoms. The van der Waals surface area contributed by atoms with Crippen molar-refractivity contribution in [3.63, 3.8) is 0 Å². The Labute approximate surface area is 128 Å². The summed E-state index contributed by atoms with van der Waals surface area (Å²) in [5.74, 6) is 0.753. The first kappa shape index (κ1) is 15.5. The summed E-state index contributed by atoms with van der Waals surface area (Å²) in [6.07, 6.45) is 2.77. The second-order valence-corrected chi connectivity index (χ2v) is 5.27. The van der Waals surface area contributed by atoms with Crippen molar-refractivity contribution in [3.8, 4) is 17.2 Å². The van der Waals surface area contributed by atoms with Crippen LogP contribution in [-0.2, 0) is 0 Å². The van der Waals surface area contributed by atoms with E-state index in [1.807, 2.05) is 37.4 Å². The monoisotopic (exact) mass is 307 g/mol. The van der Waals surface area contributed by atoms with Crippen LogP contribution in [0.15, 0.2) is 41.3 Å². The van der Waals surface area contributed by atoms with Gasteiger partial charge in [0.15, 0.2) is 17.3 Å². The molecule has 112 valence electrons. The van der Waals surface area contributed by atoms with E-state index in [2.05, 4.69) is 0 Å². The van der Waals surface area contributed by atoms with Crippen LogP contribution in [0.2, 0.25) is 0 Å². The lowest BCUT2D eigenvalue weighted by molar-refractivity contribution is 0.299. The number of nitrogens with two attached hydrogens (primary N) is 1. The van der Waals surface area contributed by atoms with Crippen LogP contribution in [0.3, 0.4) is 0 Å². The van der Waals surface area contributed by atoms with Gasteiger partial charge in [-0.1, -0.05) is 19.1 Å². The average molecular weight is 307 g/mol. The third-order valence-electron chi connectivity index (χ3n) is 2.81. The van der Waals surface area contributed by atoms with Crippen LogP contribution < -0.4 is 15.2 Å². The minimum atomic E-state index is -0.480. The van der Waals surface area contributed by atoms with Gasteiger partial charge >= 0.3 is 0 Å². The van der Waals surface area contributed by atoms with Crippen LogP contribution in [0, 0.1) is 5.82 Å². The molecule has 0 aliphatic carbocycles. The Hall–Kier alpha value is -1.88. The molecule has 0 unspecified atom stereocenters. The number of hydrogen-bond acceptors (Lipinski definition) is 4. The third kappa shape index (κ3) is 3.82. The molecular formula is C16H18FNO2S. The Morgan fingerprint density at radius 2 is 1.90 bits per heavy atom. The summed E-state index contributed by atoms with van der Waals surface area (Å²) in [5.41, 5.74) is 6.07. The van der Waals surface area contributed by atoms with Gasteiger partial charge in [-0.25, -0.2) is 4.39 Å². The molecule has 5 heteroatoms. The number of para-hydroxylation sites is 1. The summed E-state index contributed by atoms with van der Waals surface area (Å²) in [6, 6.07) is 10.3. The fraction of sp³-hybridized carbons (Fsp3) is 0.250. The van der Waals surface area contributed by atoms with Crippen molar-refractivity contribution in [1.29, 1.82) is 0 Å². The maximum Gasteiger partial charge on any atom is 0.167 e. The van der Waals surface area contributed by atoms with Crippen molar-refractivity contribution in [1.82, 2.24) is 0 Å². The van der Waals surface area contributed by atoms with E-state index in [9.17, 15) is 4.39 Å². The quantitative estimate of drug-likeness (QED) is 0.620. The predicted molar refractivity (Wildman–Crippen MR) is 84.9 cm³/mol. The van der Waals surface area contributed by atoms with Crippen molar-refractivity contribution in [3.05, 3.63) is 42.2 Å². The number of halogens is 1. The molecule has 2 rings (SSSR count). The first-order valence-corrected chi connectivity index (χ1v) is 7.90. The Morgan fingerprint density at radius 1 is 1.14 bits per heavy atom. The van der Waals surface area contributed by atoms with E-state index in [4.69, 9.17) is 15.2 Å². The van der Waals surface area contributed by atoms with Gasteiger partial charge in [-0.2, -0.15) is 0 Å². The van der Waals surface area contributed by atoms with E-state index in [1.165, 1.54) is 12.1 Å². The zero-order valence-corrected chi connectivity index (χ0v) is 12.9. The summed E-state index contributed by atoms with van der Waals surface area (Å²) in [7, 11) is 0.